The summed E-state index contributed by atoms with van der Waals surface area (Å²) in [6, 6.07) is 0. The second-order valence-corrected chi connectivity index (χ2v) is 7.54. The summed E-state index contributed by atoms with van der Waals surface area (Å²) in [5, 5.41) is 0.614. The lowest BCUT2D eigenvalue weighted by atomic mass is 10.0. The first kappa shape index (κ1) is 12.6. The van der Waals surface area contributed by atoms with Crippen molar-refractivity contribution < 1.29 is 8.42 Å². The summed E-state index contributed by atoms with van der Waals surface area (Å²) in [7, 11) is -3.02. The molecule has 0 saturated heterocycles. The van der Waals surface area contributed by atoms with Crippen LogP contribution in [0.4, 0.5) is 0 Å². The molecule has 0 atom stereocenters. The Hall–Kier alpha value is -0.460. The first-order chi connectivity index (χ1) is 6.59. The van der Waals surface area contributed by atoms with Crippen molar-refractivity contribution in [1.29, 1.82) is 0 Å². The van der Waals surface area contributed by atoms with E-state index in [2.05, 4.69) is 4.98 Å². The van der Waals surface area contributed by atoms with Crippen molar-refractivity contribution >= 4 is 21.2 Å². The third-order valence-electron chi connectivity index (χ3n) is 1.81. The van der Waals surface area contributed by atoms with Crippen molar-refractivity contribution in [2.45, 2.75) is 32.1 Å². The van der Waals surface area contributed by atoms with Crippen LogP contribution in [0.2, 0.25) is 0 Å². The van der Waals surface area contributed by atoms with Gasteiger partial charge in [0.15, 0.2) is 9.84 Å². The van der Waals surface area contributed by atoms with Crippen LogP contribution < -0.4 is 5.73 Å². The first-order valence-electron chi connectivity index (χ1n) is 4.53. The van der Waals surface area contributed by atoms with Crippen LogP contribution in [-0.4, -0.2) is 19.7 Å². The van der Waals surface area contributed by atoms with Gasteiger partial charge in [0, 0.05) is 16.7 Å². The van der Waals surface area contributed by atoms with E-state index in [0.717, 1.165) is 10.6 Å². The lowest BCUT2D eigenvalue weighted by molar-refractivity contribution is 0.562. The predicted molar refractivity (Wildman–Crippen MR) is 62.6 cm³/mol. The Morgan fingerprint density at radius 1 is 1.47 bits per heavy atom. The van der Waals surface area contributed by atoms with E-state index in [1.807, 2.05) is 20.8 Å². The summed E-state index contributed by atoms with van der Waals surface area (Å²) in [5.74, 6) is -0.00537. The lowest BCUT2D eigenvalue weighted by Crippen LogP contribution is -2.28. The highest BCUT2D eigenvalue weighted by Crippen LogP contribution is 2.28. The zero-order valence-corrected chi connectivity index (χ0v) is 11.0. The number of aromatic nitrogens is 1. The summed E-state index contributed by atoms with van der Waals surface area (Å²) in [6.45, 7) is 5.63. The SMILES string of the molecule is Cc1nc(CS(C)(=O)=O)sc1C(C)(C)N. The molecule has 0 amide bonds. The maximum Gasteiger partial charge on any atom is 0.153 e. The molecule has 0 spiro atoms. The Labute approximate surface area is 94.4 Å². The average molecular weight is 248 g/mol. The fraction of sp³-hybridized carbons (Fsp3) is 0.667. The Morgan fingerprint density at radius 3 is 2.33 bits per heavy atom. The molecule has 15 heavy (non-hydrogen) atoms. The maximum absolute atomic E-state index is 11.1. The van der Waals surface area contributed by atoms with Crippen LogP contribution in [0.1, 0.15) is 29.4 Å². The molecule has 2 N–H and O–H groups in total. The van der Waals surface area contributed by atoms with Gasteiger partial charge in [-0.15, -0.1) is 11.3 Å². The van der Waals surface area contributed by atoms with Crippen molar-refractivity contribution in [3.63, 3.8) is 0 Å². The standard InChI is InChI=1S/C9H16N2O2S2/c1-6-8(9(2,3)10)14-7(11-6)5-15(4,12)13/h5,10H2,1-4H3. The highest BCUT2D eigenvalue weighted by molar-refractivity contribution is 7.90. The van der Waals surface area contributed by atoms with Gasteiger partial charge in [0.05, 0.1) is 5.69 Å². The Bertz CT molecular complexity index is 455. The van der Waals surface area contributed by atoms with Gasteiger partial charge in [-0.2, -0.15) is 0 Å². The number of nitrogens with two attached hydrogens (primary N) is 1. The third kappa shape index (κ3) is 3.55. The molecule has 0 aromatic carbocycles. The molecule has 1 aromatic heterocycles. The molecule has 0 aliphatic carbocycles. The van der Waals surface area contributed by atoms with Crippen molar-refractivity contribution in [3.05, 3.63) is 15.6 Å². The molecule has 0 saturated carbocycles. The fourth-order valence-corrected chi connectivity index (χ4v) is 3.60. The number of hydrogen-bond donors (Lipinski definition) is 1. The second kappa shape index (κ2) is 3.84. The van der Waals surface area contributed by atoms with Crippen LogP contribution in [-0.2, 0) is 21.1 Å². The molecule has 0 unspecified atom stereocenters. The van der Waals surface area contributed by atoms with Gasteiger partial charge < -0.3 is 5.73 Å². The highest BCUT2D eigenvalue weighted by atomic mass is 32.2. The summed E-state index contributed by atoms with van der Waals surface area (Å²) in [6.07, 6.45) is 1.21. The highest BCUT2D eigenvalue weighted by Gasteiger charge is 2.22. The van der Waals surface area contributed by atoms with E-state index >= 15 is 0 Å². The molecular weight excluding hydrogens is 232 g/mol. The van der Waals surface area contributed by atoms with E-state index in [4.69, 9.17) is 5.73 Å². The van der Waals surface area contributed by atoms with E-state index in [-0.39, 0.29) is 5.75 Å². The molecule has 0 aliphatic rings. The number of aryl methyl sites for hydroxylation is 1. The number of thiazole rings is 1. The summed E-state index contributed by atoms with van der Waals surface area (Å²) in [5.41, 5.74) is 6.32. The molecule has 0 bridgehead atoms. The van der Waals surface area contributed by atoms with Crippen molar-refractivity contribution in [2.75, 3.05) is 6.26 Å². The molecule has 86 valence electrons. The van der Waals surface area contributed by atoms with Crippen LogP contribution in [0, 0.1) is 6.92 Å². The summed E-state index contributed by atoms with van der Waals surface area (Å²) < 4.78 is 22.2. The average Bonchev–Trinajstić information content (AvgIpc) is 2.25. The van der Waals surface area contributed by atoms with Crippen LogP contribution in [0.3, 0.4) is 0 Å². The molecule has 6 heteroatoms. The van der Waals surface area contributed by atoms with Gasteiger partial charge in [-0.3, -0.25) is 0 Å². The topological polar surface area (TPSA) is 73.0 Å². The fourth-order valence-electron chi connectivity index (χ4n) is 1.34. The smallest absolute Gasteiger partial charge is 0.153 e. The van der Waals surface area contributed by atoms with Crippen LogP contribution >= 0.6 is 11.3 Å². The minimum absolute atomic E-state index is 0.00537. The van der Waals surface area contributed by atoms with Gasteiger partial charge in [-0.1, -0.05) is 0 Å². The molecule has 4 nitrogen and oxygen atoms in total. The largest absolute Gasteiger partial charge is 0.321 e. The number of nitrogens with zero attached hydrogens (tertiary/aromatic N) is 1. The van der Waals surface area contributed by atoms with Crippen LogP contribution in [0.15, 0.2) is 0 Å². The quantitative estimate of drug-likeness (QED) is 0.872. The molecule has 0 radical (unpaired) electrons. The van der Waals surface area contributed by atoms with Crippen molar-refractivity contribution in [3.8, 4) is 0 Å². The normalized spacial score (nSPS) is 13.1. The van der Waals surface area contributed by atoms with E-state index in [1.165, 1.54) is 17.6 Å². The lowest BCUT2D eigenvalue weighted by Gasteiger charge is -2.16. The third-order valence-corrected chi connectivity index (χ3v) is 4.29. The molecular formula is C9H16N2O2S2. The van der Waals surface area contributed by atoms with E-state index in [0.29, 0.717) is 5.01 Å². The maximum atomic E-state index is 11.1. The van der Waals surface area contributed by atoms with Crippen LogP contribution in [0.25, 0.3) is 0 Å². The number of rotatable bonds is 3. The molecule has 1 heterocycles. The zero-order chi connectivity index (χ0) is 11.9. The zero-order valence-electron chi connectivity index (χ0n) is 9.36. The first-order valence-corrected chi connectivity index (χ1v) is 7.40. The minimum Gasteiger partial charge on any atom is -0.321 e. The van der Waals surface area contributed by atoms with Gasteiger partial charge in [0.25, 0.3) is 0 Å². The van der Waals surface area contributed by atoms with Crippen molar-refractivity contribution in [2.24, 2.45) is 5.73 Å². The van der Waals surface area contributed by atoms with Gasteiger partial charge >= 0.3 is 0 Å². The second-order valence-electron chi connectivity index (χ2n) is 4.31. The number of sulfone groups is 1. The molecule has 1 aromatic rings. The summed E-state index contributed by atoms with van der Waals surface area (Å²) in [4.78, 5) is 5.17. The van der Waals surface area contributed by atoms with Gasteiger partial charge in [0.2, 0.25) is 0 Å². The minimum atomic E-state index is -3.02. The predicted octanol–water partition coefficient (Wildman–Crippen LogP) is 1.19. The van der Waals surface area contributed by atoms with E-state index in [1.54, 1.807) is 0 Å². The molecule has 0 aliphatic heterocycles. The Morgan fingerprint density at radius 2 is 2.00 bits per heavy atom. The van der Waals surface area contributed by atoms with Gasteiger partial charge in [0.1, 0.15) is 10.8 Å². The monoisotopic (exact) mass is 248 g/mol. The molecule has 1 rings (SSSR count). The van der Waals surface area contributed by atoms with Gasteiger partial charge in [-0.05, 0) is 20.8 Å². The number of hydrogen-bond acceptors (Lipinski definition) is 5. The van der Waals surface area contributed by atoms with Crippen LogP contribution in [0.5, 0.6) is 0 Å². The summed E-state index contributed by atoms with van der Waals surface area (Å²) >= 11 is 1.38. The van der Waals surface area contributed by atoms with Gasteiger partial charge in [-0.25, -0.2) is 13.4 Å². The molecule has 0 fully saturated rings. The Kier molecular flexibility index (Phi) is 3.23. The van der Waals surface area contributed by atoms with E-state index < -0.39 is 15.4 Å². The van der Waals surface area contributed by atoms with Crippen molar-refractivity contribution in [1.82, 2.24) is 4.98 Å². The van der Waals surface area contributed by atoms with E-state index in [9.17, 15) is 8.42 Å². The Balaban J connectivity index is 3.07.